The summed E-state index contributed by atoms with van der Waals surface area (Å²) >= 11 is 0. The second kappa shape index (κ2) is 69.6. The molecule has 0 bridgehead atoms. The molecule has 0 radical (unpaired) electrons. The third-order valence-electron chi connectivity index (χ3n) is 20.2. The van der Waals surface area contributed by atoms with E-state index in [2.05, 4.69) is 61.2 Å². The van der Waals surface area contributed by atoms with E-state index in [9.17, 15) is 4.57 Å². The SMILES string of the molecule is CCCCCCCCCCCCCCCCCCCC#CC#CCCCCCCCCCCCCCCC(O[P+](=O)OC(CCCCCCCCCCCCCCC#CC#CCCCCCCCCCCCCCCCCCCC)C1CCC1)C1CCC1. The molecule has 0 amide bonds. The van der Waals surface area contributed by atoms with Crippen molar-refractivity contribution in [3.63, 3.8) is 0 Å². The summed E-state index contributed by atoms with van der Waals surface area (Å²) in [4.78, 5) is 0. The van der Waals surface area contributed by atoms with E-state index in [-0.39, 0.29) is 12.2 Å². The summed E-state index contributed by atoms with van der Waals surface area (Å²) in [5.41, 5.74) is 0. The predicted molar refractivity (Wildman–Crippen MR) is 390 cm³/mol. The fourth-order valence-corrected chi connectivity index (χ4v) is 14.6. The fraction of sp³-hybridized carbons (Fsp3) is 0.905. The maximum absolute atomic E-state index is 13.4. The second-order valence-electron chi connectivity index (χ2n) is 28.5. The highest BCUT2D eigenvalue weighted by Gasteiger charge is 2.40. The van der Waals surface area contributed by atoms with Gasteiger partial charge in [0.05, 0.1) is 0 Å². The molecule has 0 saturated heterocycles. The Morgan fingerprint density at radius 1 is 0.261 bits per heavy atom. The molecule has 2 aliphatic rings. The van der Waals surface area contributed by atoms with Crippen molar-refractivity contribution in [1.29, 1.82) is 0 Å². The zero-order valence-corrected chi connectivity index (χ0v) is 60.4. The zero-order valence-electron chi connectivity index (χ0n) is 59.5. The minimum absolute atomic E-state index is 0.122. The molecule has 4 heteroatoms. The van der Waals surface area contributed by atoms with E-state index in [1.54, 1.807) is 0 Å². The molecule has 0 spiro atoms. The van der Waals surface area contributed by atoms with Crippen molar-refractivity contribution in [3.8, 4) is 47.4 Å². The average molecular weight is 1240 g/mol. The van der Waals surface area contributed by atoms with Gasteiger partial charge in [0.25, 0.3) is 0 Å². The molecule has 508 valence electrons. The van der Waals surface area contributed by atoms with Gasteiger partial charge in [-0.25, -0.2) is 0 Å². The molecule has 0 aromatic rings. The van der Waals surface area contributed by atoms with Crippen LogP contribution >= 0.6 is 8.25 Å². The van der Waals surface area contributed by atoms with Crippen molar-refractivity contribution in [2.45, 2.75) is 476 Å². The minimum Gasteiger partial charge on any atom is -0.115 e. The second-order valence-corrected chi connectivity index (χ2v) is 29.3. The molecule has 2 unspecified atom stereocenters. The van der Waals surface area contributed by atoms with Crippen molar-refractivity contribution in [2.75, 3.05) is 0 Å². The van der Waals surface area contributed by atoms with Crippen LogP contribution in [0.5, 0.6) is 0 Å². The molecule has 2 atom stereocenters. The standard InChI is InChI=1S/C84H150O3P/c1-3-5-7-9-11-13-15-17-19-21-23-25-27-29-31-33-35-37-39-41-43-45-47-49-51-53-55-57-59-61-63-65-67-69-71-79-83(81-75-73-76-81)86-88(85)87-84(82-77-74-78-82)80-72-70-68-66-64-62-60-58-56-54-52-50-48-46-44-42-40-38-36-34-32-30-28-26-24-22-20-18-16-14-12-10-8-6-4-2/h81-84H,3-38,47-80H2,1-2H3/q+1. The van der Waals surface area contributed by atoms with Crippen LogP contribution in [0.25, 0.3) is 0 Å². The topological polar surface area (TPSA) is 35.5 Å². The maximum atomic E-state index is 13.4. The highest BCUT2D eigenvalue weighted by Crippen LogP contribution is 2.43. The minimum atomic E-state index is -2.04. The number of rotatable bonds is 68. The van der Waals surface area contributed by atoms with Crippen LogP contribution in [-0.2, 0) is 13.6 Å². The maximum Gasteiger partial charge on any atom is 0.697 e. The van der Waals surface area contributed by atoms with Gasteiger partial charge in [-0.05, 0) is 99.7 Å². The van der Waals surface area contributed by atoms with Crippen molar-refractivity contribution in [3.05, 3.63) is 0 Å². The highest BCUT2D eigenvalue weighted by atomic mass is 31.1. The Balaban J connectivity index is 1.32. The van der Waals surface area contributed by atoms with E-state index in [0.29, 0.717) is 11.8 Å². The number of hydrogen-bond donors (Lipinski definition) is 0. The van der Waals surface area contributed by atoms with Gasteiger partial charge in [0.1, 0.15) is 12.2 Å². The molecular weight excluding hydrogens is 1090 g/mol. The lowest BCUT2D eigenvalue weighted by molar-refractivity contribution is 0.0287. The average Bonchev–Trinajstić information content (AvgIpc) is 3.61. The van der Waals surface area contributed by atoms with Gasteiger partial charge in [0, 0.05) is 30.2 Å². The molecule has 0 aromatic carbocycles. The summed E-state index contributed by atoms with van der Waals surface area (Å²) < 4.78 is 26.0. The Bertz CT molecular complexity index is 1590. The Labute approximate surface area is 553 Å². The third-order valence-corrected chi connectivity index (χ3v) is 21.1. The van der Waals surface area contributed by atoms with Crippen molar-refractivity contribution >= 4 is 8.25 Å². The van der Waals surface area contributed by atoms with Crippen LogP contribution in [0.1, 0.15) is 463 Å². The fourth-order valence-electron chi connectivity index (χ4n) is 13.6. The van der Waals surface area contributed by atoms with E-state index in [1.807, 2.05) is 0 Å². The Morgan fingerprint density at radius 2 is 0.432 bits per heavy atom. The largest absolute Gasteiger partial charge is 0.697 e. The molecule has 88 heavy (non-hydrogen) atoms. The summed E-state index contributed by atoms with van der Waals surface area (Å²) in [5.74, 6) is 26.8. The quantitative estimate of drug-likeness (QED) is 0.0346. The van der Waals surface area contributed by atoms with E-state index >= 15 is 0 Å². The Kier molecular flexibility index (Phi) is 65.1. The van der Waals surface area contributed by atoms with Gasteiger partial charge in [0.15, 0.2) is 0 Å². The molecule has 2 saturated carbocycles. The molecule has 2 aliphatic carbocycles. The van der Waals surface area contributed by atoms with Crippen LogP contribution in [0, 0.1) is 59.2 Å². The first-order valence-corrected chi connectivity index (χ1v) is 41.6. The Hall–Kier alpha value is -1.74. The lowest BCUT2D eigenvalue weighted by Gasteiger charge is -2.31. The molecule has 0 aromatic heterocycles. The molecule has 0 heterocycles. The molecule has 3 nitrogen and oxygen atoms in total. The first kappa shape index (κ1) is 82.4. The highest BCUT2D eigenvalue weighted by molar-refractivity contribution is 7.33. The summed E-state index contributed by atoms with van der Waals surface area (Å²) in [7, 11) is -2.04. The smallest absolute Gasteiger partial charge is 0.115 e. The lowest BCUT2D eigenvalue weighted by atomic mass is 9.79. The first-order valence-electron chi connectivity index (χ1n) is 40.5. The van der Waals surface area contributed by atoms with Gasteiger partial charge in [-0.2, -0.15) is 0 Å². The summed E-state index contributed by atoms with van der Waals surface area (Å²) in [5, 5.41) is 0. The van der Waals surface area contributed by atoms with E-state index in [1.165, 1.54) is 411 Å². The van der Waals surface area contributed by atoms with Crippen LogP contribution in [0.15, 0.2) is 0 Å². The van der Waals surface area contributed by atoms with Crippen LogP contribution in [0.3, 0.4) is 0 Å². The first-order chi connectivity index (χ1) is 43.7. The molecule has 2 fully saturated rings. The van der Waals surface area contributed by atoms with Gasteiger partial charge in [-0.15, -0.1) is 9.05 Å². The molecule has 0 aliphatic heterocycles. The van der Waals surface area contributed by atoms with Crippen molar-refractivity contribution in [1.82, 2.24) is 0 Å². The molecular formula is C84H150O3P+. The summed E-state index contributed by atoms with van der Waals surface area (Å²) in [6.45, 7) is 4.61. The van der Waals surface area contributed by atoms with Gasteiger partial charge in [-0.1, -0.05) is 397 Å². The normalized spacial score (nSPS) is 14.0. The van der Waals surface area contributed by atoms with Crippen molar-refractivity contribution in [2.24, 2.45) is 11.8 Å². The van der Waals surface area contributed by atoms with Gasteiger partial charge < -0.3 is 0 Å². The van der Waals surface area contributed by atoms with E-state index in [4.69, 9.17) is 9.05 Å². The summed E-state index contributed by atoms with van der Waals surface area (Å²) in [6, 6.07) is 0. The van der Waals surface area contributed by atoms with Crippen LogP contribution in [-0.4, -0.2) is 12.2 Å². The molecule has 0 N–H and O–H groups in total. The van der Waals surface area contributed by atoms with E-state index in [0.717, 1.165) is 38.5 Å². The Morgan fingerprint density at radius 3 is 0.602 bits per heavy atom. The monoisotopic (exact) mass is 1240 g/mol. The lowest BCUT2D eigenvalue weighted by Crippen LogP contribution is -2.30. The molecule has 2 rings (SSSR count). The predicted octanol–water partition coefficient (Wildman–Crippen LogP) is 29.0. The third kappa shape index (κ3) is 58.1. The van der Waals surface area contributed by atoms with Crippen LogP contribution < -0.4 is 0 Å². The van der Waals surface area contributed by atoms with Gasteiger partial charge in [0.2, 0.25) is 0 Å². The number of hydrogen-bond acceptors (Lipinski definition) is 3. The van der Waals surface area contributed by atoms with Crippen molar-refractivity contribution < 1.29 is 13.6 Å². The van der Waals surface area contributed by atoms with Gasteiger partial charge >= 0.3 is 8.25 Å². The zero-order chi connectivity index (χ0) is 62.5. The van der Waals surface area contributed by atoms with Crippen LogP contribution in [0.2, 0.25) is 0 Å². The summed E-state index contributed by atoms with van der Waals surface area (Å²) in [6.07, 6.45) is 94.0. The van der Waals surface area contributed by atoms with Crippen LogP contribution in [0.4, 0.5) is 0 Å². The number of unbranched alkanes of at least 4 members (excludes halogenated alkanes) is 58. The van der Waals surface area contributed by atoms with Gasteiger partial charge in [-0.3, -0.25) is 0 Å². The van der Waals surface area contributed by atoms with E-state index < -0.39 is 8.25 Å².